The Balaban J connectivity index is 0.00000104. The van der Waals surface area contributed by atoms with Gasteiger partial charge in [0.25, 0.3) is 0 Å². The minimum atomic E-state index is -0.591. The fourth-order valence-corrected chi connectivity index (χ4v) is 7.17. The summed E-state index contributed by atoms with van der Waals surface area (Å²) < 4.78 is 2.35. The van der Waals surface area contributed by atoms with E-state index >= 15 is 0 Å². The summed E-state index contributed by atoms with van der Waals surface area (Å²) in [5.74, 6) is 0. The summed E-state index contributed by atoms with van der Waals surface area (Å²) in [5.41, 5.74) is 9.12. The molecule has 1 unspecified atom stereocenters. The van der Waals surface area contributed by atoms with Gasteiger partial charge in [-0.05, 0) is 0 Å². The Morgan fingerprint density at radius 1 is 0.917 bits per heavy atom. The topological polar surface area (TPSA) is 0 Å². The normalized spacial score (nSPS) is 16.2. The summed E-state index contributed by atoms with van der Waals surface area (Å²) in [6, 6.07) is 15.9. The quantitative estimate of drug-likeness (QED) is 0.594. The number of rotatable bonds is 2. The predicted octanol–water partition coefficient (Wildman–Crippen LogP) is -0.598. The molecule has 0 amide bonds. The van der Waals surface area contributed by atoms with Gasteiger partial charge in [0.1, 0.15) is 0 Å². The van der Waals surface area contributed by atoms with E-state index in [0.717, 1.165) is 6.42 Å². The number of fused-ring (bicyclic) bond motifs is 3. The van der Waals surface area contributed by atoms with Crippen molar-refractivity contribution >= 4 is 8.78 Å². The monoisotopic (exact) mass is 431 g/mol. The molecule has 0 saturated carbocycles. The van der Waals surface area contributed by atoms with Crippen LogP contribution >= 0.6 is 0 Å². The number of allylic oxidation sites excluding steroid dienone is 4. The molecule has 2 aromatic rings. The third-order valence-electron chi connectivity index (χ3n) is 4.51. The molecule has 121 valence electrons. The van der Waals surface area contributed by atoms with Gasteiger partial charge >= 0.3 is 144 Å². The molecule has 0 heterocycles. The van der Waals surface area contributed by atoms with E-state index in [0.29, 0.717) is 3.63 Å². The van der Waals surface area contributed by atoms with Crippen LogP contribution in [-0.4, -0.2) is 3.21 Å². The Kier molecular flexibility index (Phi) is 6.60. The molecule has 0 nitrogen and oxygen atoms in total. The van der Waals surface area contributed by atoms with Crippen LogP contribution in [0.3, 0.4) is 0 Å². The zero-order chi connectivity index (χ0) is 15.1. The molecule has 0 aliphatic heterocycles. The van der Waals surface area contributed by atoms with Gasteiger partial charge in [-0.15, -0.1) is 0 Å². The molecule has 0 saturated heterocycles. The van der Waals surface area contributed by atoms with E-state index in [4.69, 9.17) is 0 Å². The number of halogens is 2. The second-order valence-electron chi connectivity index (χ2n) is 6.26. The van der Waals surface area contributed by atoms with Gasteiger partial charge in [-0.2, -0.15) is 0 Å². The maximum atomic E-state index is 2.36. The molecular formula is C21H19Cl2Zr. The van der Waals surface area contributed by atoms with Crippen LogP contribution in [0, 0.1) is 0 Å². The molecule has 0 fully saturated rings. The summed E-state index contributed by atoms with van der Waals surface area (Å²) in [7, 11) is 0. The van der Waals surface area contributed by atoms with Crippen LogP contribution in [0.25, 0.3) is 16.7 Å². The van der Waals surface area contributed by atoms with Crippen molar-refractivity contribution in [3.63, 3.8) is 0 Å². The van der Waals surface area contributed by atoms with E-state index in [1.807, 2.05) is 0 Å². The van der Waals surface area contributed by atoms with Crippen molar-refractivity contribution in [1.29, 1.82) is 0 Å². The van der Waals surface area contributed by atoms with Crippen molar-refractivity contribution in [3.8, 4) is 11.1 Å². The zero-order valence-corrected chi connectivity index (χ0v) is 17.8. The summed E-state index contributed by atoms with van der Waals surface area (Å²) >= 11 is -0.591. The molecule has 2 aromatic carbocycles. The van der Waals surface area contributed by atoms with E-state index in [9.17, 15) is 0 Å². The van der Waals surface area contributed by atoms with Crippen LogP contribution < -0.4 is 24.8 Å². The molecule has 2 aliphatic carbocycles. The van der Waals surface area contributed by atoms with Gasteiger partial charge in [0.2, 0.25) is 0 Å². The molecular weight excluding hydrogens is 414 g/mol. The molecule has 0 aromatic heterocycles. The molecule has 0 spiro atoms. The van der Waals surface area contributed by atoms with Crippen LogP contribution in [-0.2, 0) is 22.8 Å². The fraction of sp³-hybridized carbons (Fsp3) is 0.190. The Bertz CT molecular complexity index is 843. The minimum Gasteiger partial charge on any atom is -1.00 e. The molecule has 0 radical (unpaired) electrons. The Labute approximate surface area is 167 Å². The molecule has 3 heteroatoms. The van der Waals surface area contributed by atoms with E-state index in [1.165, 1.54) is 22.3 Å². The van der Waals surface area contributed by atoms with Crippen LogP contribution in [0.15, 0.2) is 60.7 Å². The first kappa shape index (κ1) is 19.6. The van der Waals surface area contributed by atoms with Crippen molar-refractivity contribution in [2.45, 2.75) is 23.9 Å². The van der Waals surface area contributed by atoms with Crippen LogP contribution in [0.5, 0.6) is 0 Å². The average Bonchev–Trinajstić information content (AvgIpc) is 3.15. The Hall–Kier alpha value is -0.747. The summed E-state index contributed by atoms with van der Waals surface area (Å²) in [6.45, 7) is 4.65. The Morgan fingerprint density at radius 3 is 2.33 bits per heavy atom. The van der Waals surface area contributed by atoms with Gasteiger partial charge in [0.05, 0.1) is 0 Å². The summed E-state index contributed by atoms with van der Waals surface area (Å²) in [5, 5.41) is 0. The van der Waals surface area contributed by atoms with Crippen LogP contribution in [0.4, 0.5) is 0 Å². The molecule has 4 rings (SSSR count). The maximum absolute atomic E-state index is 2.36. The van der Waals surface area contributed by atoms with Gasteiger partial charge in [0, 0.05) is 0 Å². The molecule has 1 atom stereocenters. The first-order valence-corrected chi connectivity index (χ1v) is 10.6. The zero-order valence-electron chi connectivity index (χ0n) is 13.8. The fourth-order valence-electron chi connectivity index (χ4n) is 3.63. The van der Waals surface area contributed by atoms with Crippen molar-refractivity contribution in [2.24, 2.45) is 0 Å². The van der Waals surface area contributed by atoms with Crippen molar-refractivity contribution in [2.75, 3.05) is 0 Å². The molecule has 0 N–H and O–H groups in total. The van der Waals surface area contributed by atoms with Crippen LogP contribution in [0.2, 0.25) is 0 Å². The van der Waals surface area contributed by atoms with Gasteiger partial charge in [-0.25, -0.2) is 0 Å². The first-order valence-electron chi connectivity index (χ1n) is 7.90. The number of hydrogen-bond donors (Lipinski definition) is 0. The van der Waals surface area contributed by atoms with Crippen molar-refractivity contribution in [3.05, 3.63) is 77.4 Å². The largest absolute Gasteiger partial charge is 1.00 e. The van der Waals surface area contributed by atoms with Gasteiger partial charge in [-0.1, -0.05) is 0 Å². The third kappa shape index (κ3) is 3.32. The summed E-state index contributed by atoms with van der Waals surface area (Å²) in [6.07, 6.45) is 7.84. The SMILES string of the molecule is C[C](C)=[Zr+2][CH]1c2ccccc2-c2cccc(C3=CC=CC3)c21.[Cl-].[Cl-]. The predicted molar refractivity (Wildman–Crippen MR) is 91.8 cm³/mol. The van der Waals surface area contributed by atoms with Gasteiger partial charge < -0.3 is 24.8 Å². The van der Waals surface area contributed by atoms with Crippen LogP contribution in [0.1, 0.15) is 40.6 Å². The average molecular weight is 434 g/mol. The van der Waals surface area contributed by atoms with E-state index < -0.39 is 22.8 Å². The smallest absolute Gasteiger partial charge is 1.00 e. The van der Waals surface area contributed by atoms with Crippen molar-refractivity contribution in [1.82, 2.24) is 0 Å². The van der Waals surface area contributed by atoms with Gasteiger partial charge in [-0.3, -0.25) is 0 Å². The third-order valence-corrected chi connectivity index (χ3v) is 8.11. The minimum absolute atomic E-state index is 0. The van der Waals surface area contributed by atoms with E-state index in [1.54, 1.807) is 14.3 Å². The molecule has 0 bridgehead atoms. The second kappa shape index (κ2) is 8.09. The number of benzene rings is 2. The maximum Gasteiger partial charge on any atom is -1.00 e. The Morgan fingerprint density at radius 2 is 1.62 bits per heavy atom. The molecule has 2 aliphatic rings. The van der Waals surface area contributed by atoms with E-state index in [2.05, 4.69) is 74.5 Å². The van der Waals surface area contributed by atoms with Gasteiger partial charge in [0.15, 0.2) is 0 Å². The van der Waals surface area contributed by atoms with Crippen molar-refractivity contribution < 1.29 is 47.6 Å². The first-order chi connectivity index (χ1) is 10.8. The second-order valence-corrected chi connectivity index (χ2v) is 10.8. The van der Waals surface area contributed by atoms with E-state index in [-0.39, 0.29) is 24.8 Å². The number of hydrogen-bond acceptors (Lipinski definition) is 0. The molecule has 24 heavy (non-hydrogen) atoms. The summed E-state index contributed by atoms with van der Waals surface area (Å²) in [4.78, 5) is 0. The standard InChI is InChI=1S/C18H13.C3H6.2ClH.Zr/c1-2-7-13(6-1)15-10-5-11-17-16-9-4-3-8-14(16)12-18(15)17;1-3-2;;;/h1-6,8-12H,7H2;1-2H3;2*1H;/q;;;;+2/p-2.